The molecule has 4 nitrogen and oxygen atoms in total. The number of phenolic OH excluding ortho intramolecular Hbond substituents is 1. The van der Waals surface area contributed by atoms with Crippen LogP contribution in [0.1, 0.15) is 0 Å². The van der Waals surface area contributed by atoms with Gasteiger partial charge >= 0.3 is 5.69 Å². The number of nitrogens with one attached hydrogen (secondary N) is 1. The van der Waals surface area contributed by atoms with Crippen LogP contribution in [0.25, 0.3) is 16.7 Å². The minimum Gasteiger partial charge on any atom is -0.508 e. The van der Waals surface area contributed by atoms with Gasteiger partial charge in [0.2, 0.25) is 0 Å². The Balaban J connectivity index is 2.38. The molecule has 0 saturated heterocycles. The number of benzene rings is 2. The number of aromatic amines is 1. The van der Waals surface area contributed by atoms with E-state index in [9.17, 15) is 14.3 Å². The molecular formula is C13H9FN2O2. The SMILES string of the molecule is O=c1[nH]c2ccc(O)cc2n1-c1cccc(F)c1. The molecule has 1 aromatic heterocycles. The van der Waals surface area contributed by atoms with Crippen molar-refractivity contribution in [3.8, 4) is 11.4 Å². The first-order chi connectivity index (χ1) is 8.65. The zero-order chi connectivity index (χ0) is 12.7. The van der Waals surface area contributed by atoms with E-state index in [2.05, 4.69) is 4.98 Å². The number of rotatable bonds is 1. The van der Waals surface area contributed by atoms with Gasteiger partial charge in [-0.2, -0.15) is 0 Å². The van der Waals surface area contributed by atoms with Gasteiger partial charge in [-0.25, -0.2) is 9.18 Å². The Labute approximate surface area is 101 Å². The van der Waals surface area contributed by atoms with Crippen LogP contribution in [0.4, 0.5) is 4.39 Å². The second kappa shape index (κ2) is 3.73. The van der Waals surface area contributed by atoms with Crippen molar-refractivity contribution >= 4 is 11.0 Å². The quantitative estimate of drug-likeness (QED) is 0.689. The van der Waals surface area contributed by atoms with Gasteiger partial charge in [-0.15, -0.1) is 0 Å². The van der Waals surface area contributed by atoms with E-state index in [1.165, 1.54) is 34.9 Å². The zero-order valence-electron chi connectivity index (χ0n) is 9.22. The van der Waals surface area contributed by atoms with Crippen LogP contribution in [0.2, 0.25) is 0 Å². The molecule has 0 aliphatic rings. The molecule has 0 aliphatic carbocycles. The Hall–Kier alpha value is -2.56. The van der Waals surface area contributed by atoms with E-state index in [0.717, 1.165) is 0 Å². The minimum absolute atomic E-state index is 0.0478. The van der Waals surface area contributed by atoms with Crippen LogP contribution in [0.3, 0.4) is 0 Å². The Bertz CT molecular complexity index is 789. The predicted octanol–water partition coefficient (Wildman–Crippen LogP) is 2.16. The van der Waals surface area contributed by atoms with Crippen molar-refractivity contribution in [3.05, 3.63) is 58.8 Å². The summed E-state index contributed by atoms with van der Waals surface area (Å²) in [5, 5.41) is 9.46. The summed E-state index contributed by atoms with van der Waals surface area (Å²) in [4.78, 5) is 14.5. The molecule has 0 saturated carbocycles. The molecule has 3 rings (SSSR count). The molecular weight excluding hydrogens is 235 g/mol. The van der Waals surface area contributed by atoms with Crippen molar-refractivity contribution < 1.29 is 9.50 Å². The topological polar surface area (TPSA) is 58.0 Å². The van der Waals surface area contributed by atoms with Gasteiger partial charge in [0.25, 0.3) is 0 Å². The maximum absolute atomic E-state index is 13.2. The van der Waals surface area contributed by atoms with Crippen molar-refractivity contribution in [3.63, 3.8) is 0 Å². The molecule has 3 aromatic rings. The molecule has 0 bridgehead atoms. The summed E-state index contributed by atoms with van der Waals surface area (Å²) in [6, 6.07) is 10.3. The molecule has 18 heavy (non-hydrogen) atoms. The van der Waals surface area contributed by atoms with E-state index in [4.69, 9.17) is 0 Å². The number of fused-ring (bicyclic) bond motifs is 1. The molecule has 0 spiro atoms. The molecule has 5 heteroatoms. The summed E-state index contributed by atoms with van der Waals surface area (Å²) in [5.74, 6) is -0.374. The average molecular weight is 244 g/mol. The first-order valence-electron chi connectivity index (χ1n) is 5.35. The maximum Gasteiger partial charge on any atom is 0.331 e. The van der Waals surface area contributed by atoms with Crippen LogP contribution in [0.15, 0.2) is 47.3 Å². The number of hydrogen-bond donors (Lipinski definition) is 2. The minimum atomic E-state index is -0.422. The summed E-state index contributed by atoms with van der Waals surface area (Å²) in [6.45, 7) is 0. The lowest BCUT2D eigenvalue weighted by atomic mass is 10.2. The highest BCUT2D eigenvalue weighted by Crippen LogP contribution is 2.20. The lowest BCUT2D eigenvalue weighted by Gasteiger charge is -2.03. The molecule has 1 heterocycles. The number of halogens is 1. The molecule has 90 valence electrons. The van der Waals surface area contributed by atoms with Gasteiger partial charge in [0.15, 0.2) is 0 Å². The van der Waals surface area contributed by atoms with E-state index >= 15 is 0 Å². The molecule has 0 fully saturated rings. The number of nitrogens with zero attached hydrogens (tertiary/aromatic N) is 1. The first kappa shape index (κ1) is 10.6. The van der Waals surface area contributed by atoms with Crippen LogP contribution < -0.4 is 5.69 Å². The molecule has 0 aliphatic heterocycles. The highest BCUT2D eigenvalue weighted by molar-refractivity contribution is 5.78. The number of aromatic hydroxyl groups is 1. The average Bonchev–Trinajstić information content (AvgIpc) is 2.64. The summed E-state index contributed by atoms with van der Waals surface area (Å²) < 4.78 is 14.5. The summed E-state index contributed by atoms with van der Waals surface area (Å²) in [5.41, 5.74) is 1.13. The standard InChI is InChI=1S/C13H9FN2O2/c14-8-2-1-3-9(6-8)16-12-7-10(17)4-5-11(12)15-13(16)18/h1-7,17H,(H,15,18). The second-order valence-corrected chi connectivity index (χ2v) is 3.95. The van der Waals surface area contributed by atoms with E-state index in [-0.39, 0.29) is 11.4 Å². The van der Waals surface area contributed by atoms with Crippen LogP contribution in [-0.4, -0.2) is 14.7 Å². The van der Waals surface area contributed by atoms with Crippen LogP contribution in [-0.2, 0) is 0 Å². The Morgan fingerprint density at radius 3 is 2.78 bits per heavy atom. The maximum atomic E-state index is 13.2. The number of hydrogen-bond acceptors (Lipinski definition) is 2. The summed E-state index contributed by atoms with van der Waals surface area (Å²) in [6.07, 6.45) is 0. The lowest BCUT2D eigenvalue weighted by molar-refractivity contribution is 0.476. The fourth-order valence-corrected chi connectivity index (χ4v) is 1.96. The molecule has 0 atom stereocenters. The third kappa shape index (κ3) is 1.57. The van der Waals surface area contributed by atoms with Crippen molar-refractivity contribution in [2.45, 2.75) is 0 Å². The largest absolute Gasteiger partial charge is 0.508 e. The van der Waals surface area contributed by atoms with Crippen molar-refractivity contribution in [2.75, 3.05) is 0 Å². The van der Waals surface area contributed by atoms with Crippen LogP contribution >= 0.6 is 0 Å². The smallest absolute Gasteiger partial charge is 0.331 e. The van der Waals surface area contributed by atoms with Crippen LogP contribution in [0, 0.1) is 5.82 Å². The number of imidazole rings is 1. The molecule has 0 amide bonds. The van der Waals surface area contributed by atoms with Gasteiger partial charge in [-0.1, -0.05) is 6.07 Å². The van der Waals surface area contributed by atoms with E-state index in [1.807, 2.05) is 0 Å². The number of aromatic nitrogens is 2. The van der Waals surface area contributed by atoms with Gasteiger partial charge in [0.05, 0.1) is 16.7 Å². The first-order valence-corrected chi connectivity index (χ1v) is 5.35. The Morgan fingerprint density at radius 2 is 2.00 bits per heavy atom. The van der Waals surface area contributed by atoms with Gasteiger partial charge in [-0.3, -0.25) is 4.57 Å². The number of H-pyrrole nitrogens is 1. The molecule has 2 aromatic carbocycles. The highest BCUT2D eigenvalue weighted by Gasteiger charge is 2.09. The van der Waals surface area contributed by atoms with Gasteiger partial charge in [0, 0.05) is 6.07 Å². The predicted molar refractivity (Wildman–Crippen MR) is 65.5 cm³/mol. The van der Waals surface area contributed by atoms with E-state index < -0.39 is 5.82 Å². The third-order valence-electron chi connectivity index (χ3n) is 2.73. The fraction of sp³-hybridized carbons (Fsp3) is 0. The van der Waals surface area contributed by atoms with Gasteiger partial charge < -0.3 is 10.1 Å². The van der Waals surface area contributed by atoms with Crippen LogP contribution in [0.5, 0.6) is 5.75 Å². The summed E-state index contributed by atoms with van der Waals surface area (Å²) in [7, 11) is 0. The Kier molecular flexibility index (Phi) is 2.19. The normalized spacial score (nSPS) is 10.9. The van der Waals surface area contributed by atoms with Crippen molar-refractivity contribution in [2.24, 2.45) is 0 Å². The lowest BCUT2D eigenvalue weighted by Crippen LogP contribution is -2.14. The second-order valence-electron chi connectivity index (χ2n) is 3.95. The zero-order valence-corrected chi connectivity index (χ0v) is 9.22. The van der Waals surface area contributed by atoms with E-state index in [0.29, 0.717) is 16.7 Å². The molecule has 2 N–H and O–H groups in total. The van der Waals surface area contributed by atoms with E-state index in [1.54, 1.807) is 12.1 Å². The van der Waals surface area contributed by atoms with Gasteiger partial charge in [0.1, 0.15) is 11.6 Å². The van der Waals surface area contributed by atoms with Gasteiger partial charge in [-0.05, 0) is 30.3 Å². The number of phenols is 1. The monoisotopic (exact) mass is 244 g/mol. The fourth-order valence-electron chi connectivity index (χ4n) is 1.96. The molecule has 0 radical (unpaired) electrons. The summed E-state index contributed by atoms with van der Waals surface area (Å²) >= 11 is 0. The van der Waals surface area contributed by atoms with Crippen molar-refractivity contribution in [1.82, 2.24) is 9.55 Å². The highest BCUT2D eigenvalue weighted by atomic mass is 19.1. The third-order valence-corrected chi connectivity index (χ3v) is 2.73. The molecule has 0 unspecified atom stereocenters. The van der Waals surface area contributed by atoms with Crippen molar-refractivity contribution in [1.29, 1.82) is 0 Å². The Morgan fingerprint density at radius 1 is 1.17 bits per heavy atom.